The summed E-state index contributed by atoms with van der Waals surface area (Å²) in [6.07, 6.45) is -1.59. The minimum Gasteiger partial charge on any atom is -0.382 e. The number of carbonyl (C=O) groups excluding carboxylic acids is 1. The third-order valence-corrected chi connectivity index (χ3v) is 8.13. The first-order valence-electron chi connectivity index (χ1n) is 11.7. The van der Waals surface area contributed by atoms with Crippen LogP contribution in [0.15, 0.2) is 36.4 Å². The van der Waals surface area contributed by atoms with E-state index in [2.05, 4.69) is 15.6 Å². The van der Waals surface area contributed by atoms with Gasteiger partial charge in [0.15, 0.2) is 9.84 Å². The van der Waals surface area contributed by atoms with E-state index in [1.165, 1.54) is 6.92 Å². The molecule has 7 nitrogen and oxygen atoms in total. The lowest BCUT2D eigenvalue weighted by Gasteiger charge is -2.30. The summed E-state index contributed by atoms with van der Waals surface area (Å²) in [7, 11) is -2.95. The molecule has 2 heterocycles. The molecule has 35 heavy (non-hydrogen) atoms. The van der Waals surface area contributed by atoms with Crippen LogP contribution in [0.2, 0.25) is 0 Å². The maximum absolute atomic E-state index is 13.0. The van der Waals surface area contributed by atoms with Crippen LogP contribution >= 0.6 is 0 Å². The Morgan fingerprint density at radius 3 is 2.20 bits per heavy atom. The first-order valence-corrected chi connectivity index (χ1v) is 13.5. The van der Waals surface area contributed by atoms with E-state index >= 15 is 0 Å². The summed E-state index contributed by atoms with van der Waals surface area (Å²) in [6.45, 7) is 2.43. The van der Waals surface area contributed by atoms with Gasteiger partial charge in [-0.2, -0.15) is 13.2 Å². The van der Waals surface area contributed by atoms with E-state index in [9.17, 15) is 26.4 Å². The fraction of sp³-hybridized carbons (Fsp3) is 0.500. The number of alkyl halides is 3. The molecule has 2 fully saturated rings. The Bertz CT molecular complexity index is 1150. The quantitative estimate of drug-likeness (QED) is 0.636. The van der Waals surface area contributed by atoms with Gasteiger partial charge < -0.3 is 15.5 Å². The van der Waals surface area contributed by atoms with Gasteiger partial charge in [-0.3, -0.25) is 4.79 Å². The summed E-state index contributed by atoms with van der Waals surface area (Å²) >= 11 is 0. The lowest BCUT2D eigenvalue weighted by atomic mass is 9.90. The van der Waals surface area contributed by atoms with Crippen LogP contribution in [0.5, 0.6) is 0 Å². The number of carbonyl (C=O) groups is 1. The van der Waals surface area contributed by atoms with E-state index in [0.29, 0.717) is 30.0 Å². The van der Waals surface area contributed by atoms with Crippen LogP contribution in [0, 0.1) is 6.92 Å². The van der Waals surface area contributed by atoms with Crippen molar-refractivity contribution in [2.75, 3.05) is 34.8 Å². The molecule has 0 radical (unpaired) electrons. The highest BCUT2D eigenvalue weighted by molar-refractivity contribution is 7.91. The number of rotatable bonds is 5. The van der Waals surface area contributed by atoms with Gasteiger partial charge in [-0.15, -0.1) is 0 Å². The highest BCUT2D eigenvalue weighted by atomic mass is 32.2. The van der Waals surface area contributed by atoms with Crippen molar-refractivity contribution in [3.63, 3.8) is 0 Å². The fourth-order valence-electron chi connectivity index (χ4n) is 4.58. The van der Waals surface area contributed by atoms with Gasteiger partial charge in [0.25, 0.3) is 5.91 Å². The molecule has 1 saturated carbocycles. The Kier molecular flexibility index (Phi) is 7.25. The molecule has 1 aromatic carbocycles. The lowest BCUT2D eigenvalue weighted by Crippen LogP contribution is -2.40. The van der Waals surface area contributed by atoms with Crippen molar-refractivity contribution in [2.45, 2.75) is 50.9 Å². The van der Waals surface area contributed by atoms with Crippen molar-refractivity contribution < 1.29 is 26.4 Å². The predicted octanol–water partition coefficient (Wildman–Crippen LogP) is 3.80. The van der Waals surface area contributed by atoms with Crippen LogP contribution in [0.1, 0.15) is 47.4 Å². The number of pyridine rings is 1. The average Bonchev–Trinajstić information content (AvgIpc) is 2.79. The van der Waals surface area contributed by atoms with Crippen molar-refractivity contribution in [3.8, 4) is 0 Å². The summed E-state index contributed by atoms with van der Waals surface area (Å²) in [5.74, 6) is 0.0994. The van der Waals surface area contributed by atoms with Gasteiger partial charge in [-0.1, -0.05) is 0 Å². The van der Waals surface area contributed by atoms with Gasteiger partial charge >= 0.3 is 6.18 Å². The molecule has 1 amide bonds. The molecule has 0 spiro atoms. The molecule has 2 aromatic rings. The summed E-state index contributed by atoms with van der Waals surface area (Å²) in [5, 5.41) is 6.24. The predicted molar refractivity (Wildman–Crippen MR) is 128 cm³/mol. The molecule has 190 valence electrons. The molecule has 0 bridgehead atoms. The molecule has 1 aliphatic heterocycles. The molecule has 0 atom stereocenters. The first kappa shape index (κ1) is 25.3. The first-order chi connectivity index (χ1) is 16.5. The number of amides is 1. The van der Waals surface area contributed by atoms with E-state index in [1.807, 2.05) is 17.0 Å². The molecule has 1 aromatic heterocycles. The Morgan fingerprint density at radius 2 is 1.60 bits per heavy atom. The van der Waals surface area contributed by atoms with Crippen LogP contribution in [0.25, 0.3) is 0 Å². The maximum atomic E-state index is 13.0. The summed E-state index contributed by atoms with van der Waals surface area (Å²) in [5.41, 5.74) is 1.23. The Labute approximate surface area is 203 Å². The zero-order valence-corrected chi connectivity index (χ0v) is 20.3. The number of benzene rings is 1. The van der Waals surface area contributed by atoms with Crippen LogP contribution in [0.3, 0.4) is 0 Å². The number of hydrogen-bond acceptors (Lipinski definition) is 6. The van der Waals surface area contributed by atoms with Crippen LogP contribution < -0.4 is 15.5 Å². The van der Waals surface area contributed by atoms with Crippen LogP contribution in [0.4, 0.5) is 24.5 Å². The molecule has 2 N–H and O–H groups in total. The van der Waals surface area contributed by atoms with Gasteiger partial charge in [0.05, 0.1) is 11.5 Å². The summed E-state index contributed by atoms with van der Waals surface area (Å²) in [6, 6.07) is 9.81. The number of aromatic nitrogens is 1. The van der Waals surface area contributed by atoms with Crippen molar-refractivity contribution in [1.29, 1.82) is 0 Å². The molecule has 4 rings (SSSR count). The minimum atomic E-state index is -4.49. The van der Waals surface area contributed by atoms with Crippen LogP contribution in [-0.2, 0) is 16.0 Å². The van der Waals surface area contributed by atoms with E-state index in [-0.39, 0.29) is 29.5 Å². The van der Waals surface area contributed by atoms with Gasteiger partial charge in [0, 0.05) is 47.8 Å². The number of sulfone groups is 1. The van der Waals surface area contributed by atoms with Gasteiger partial charge in [-0.05, 0) is 69.0 Å². The second-order valence-electron chi connectivity index (χ2n) is 9.23. The molecule has 11 heteroatoms. The van der Waals surface area contributed by atoms with E-state index in [4.69, 9.17) is 0 Å². The smallest absolute Gasteiger partial charge is 0.382 e. The number of nitrogens with zero attached hydrogens (tertiary/aromatic N) is 2. The summed E-state index contributed by atoms with van der Waals surface area (Å²) < 4.78 is 62.3. The zero-order valence-electron chi connectivity index (χ0n) is 19.4. The zero-order chi connectivity index (χ0) is 25.2. The molecule has 1 saturated heterocycles. The van der Waals surface area contributed by atoms with Crippen molar-refractivity contribution in [1.82, 2.24) is 10.3 Å². The second kappa shape index (κ2) is 10.0. The third-order valence-electron chi connectivity index (χ3n) is 6.52. The largest absolute Gasteiger partial charge is 0.433 e. The highest BCUT2D eigenvalue weighted by Crippen LogP contribution is 2.31. The Hall–Kier alpha value is -2.82. The monoisotopic (exact) mass is 510 g/mol. The van der Waals surface area contributed by atoms with Gasteiger partial charge in [0.2, 0.25) is 0 Å². The number of aryl methyl sites for hydroxylation is 1. The summed E-state index contributed by atoms with van der Waals surface area (Å²) in [4.78, 5) is 18.3. The number of anilines is 2. The lowest BCUT2D eigenvalue weighted by molar-refractivity contribution is -0.141. The fourth-order valence-corrected chi connectivity index (χ4v) is 5.78. The normalized spacial score (nSPS) is 22.5. The van der Waals surface area contributed by atoms with Gasteiger partial charge in [-0.25, -0.2) is 13.4 Å². The van der Waals surface area contributed by atoms with E-state index < -0.39 is 21.7 Å². The SMILES string of the molecule is Cc1cc(NC2CCC(NC(=O)c3ccc(N4CCS(=O)(=O)CC4)cc3)CC2)cc(C(F)(F)F)n1. The van der Waals surface area contributed by atoms with Crippen molar-refractivity contribution >= 4 is 27.1 Å². The van der Waals surface area contributed by atoms with Crippen molar-refractivity contribution in [3.05, 3.63) is 53.3 Å². The third kappa shape index (κ3) is 6.65. The second-order valence-corrected chi connectivity index (χ2v) is 11.5. The highest BCUT2D eigenvalue weighted by Gasteiger charge is 2.33. The molecular weight excluding hydrogens is 481 g/mol. The van der Waals surface area contributed by atoms with E-state index in [0.717, 1.165) is 37.4 Å². The standard InChI is InChI=1S/C24H29F3N4O3S/c1-16-14-20(15-22(28-16)24(25,26)27)29-18-4-6-19(7-5-18)30-23(32)17-2-8-21(9-3-17)31-10-12-35(33,34)13-11-31/h2-3,8-9,14-15,18-19H,4-7,10-13H2,1H3,(H,28,29)(H,30,32). The Balaban J connectivity index is 1.27. The molecular formula is C24H29F3N4O3S. The average molecular weight is 511 g/mol. The number of halogens is 3. The molecule has 0 unspecified atom stereocenters. The molecule has 1 aliphatic carbocycles. The number of nitrogens with one attached hydrogen (secondary N) is 2. The molecule has 2 aliphatic rings. The minimum absolute atomic E-state index is 0.00237. The van der Waals surface area contributed by atoms with Gasteiger partial charge in [0.1, 0.15) is 5.69 Å². The van der Waals surface area contributed by atoms with Crippen LogP contribution in [-0.4, -0.2) is 56.0 Å². The number of hydrogen-bond donors (Lipinski definition) is 2. The topological polar surface area (TPSA) is 91.4 Å². The van der Waals surface area contributed by atoms with Crippen molar-refractivity contribution in [2.24, 2.45) is 0 Å². The maximum Gasteiger partial charge on any atom is 0.433 e. The Morgan fingerprint density at radius 1 is 1.00 bits per heavy atom. The van der Waals surface area contributed by atoms with E-state index in [1.54, 1.807) is 18.2 Å².